The molecule has 1 amide bonds. The van der Waals surface area contributed by atoms with Crippen LogP contribution in [0.15, 0.2) is 24.3 Å². The van der Waals surface area contributed by atoms with E-state index in [4.69, 9.17) is 4.74 Å². The number of methoxy groups -OCH3 is 1. The van der Waals surface area contributed by atoms with Crippen molar-refractivity contribution in [1.82, 2.24) is 9.88 Å². The van der Waals surface area contributed by atoms with Crippen LogP contribution < -0.4 is 5.32 Å². The SMILES string of the molecule is CCc1ccccc1NC(=O)CN(C)[C@@H](C)C(=O)c1[nH]c(C)c(C(=O)OC)c1C. The Bertz CT molecular complexity index is 917. The zero-order valence-electron chi connectivity index (χ0n) is 17.9. The molecule has 0 aliphatic heterocycles. The lowest BCUT2D eigenvalue weighted by atomic mass is 10.0. The first kappa shape index (κ1) is 22.4. The molecule has 0 radical (unpaired) electrons. The Morgan fingerprint density at radius 3 is 2.48 bits per heavy atom. The molecule has 0 bridgehead atoms. The molecule has 1 aromatic carbocycles. The highest BCUT2D eigenvalue weighted by Crippen LogP contribution is 2.21. The third kappa shape index (κ3) is 4.92. The van der Waals surface area contributed by atoms with Crippen molar-refractivity contribution in [3.63, 3.8) is 0 Å². The summed E-state index contributed by atoms with van der Waals surface area (Å²) in [5.41, 5.74) is 3.72. The molecular weight excluding hydrogens is 370 g/mol. The van der Waals surface area contributed by atoms with Crippen molar-refractivity contribution >= 4 is 23.3 Å². The quantitative estimate of drug-likeness (QED) is 0.526. The number of H-pyrrole nitrogens is 1. The summed E-state index contributed by atoms with van der Waals surface area (Å²) in [4.78, 5) is 42.1. The third-order valence-corrected chi connectivity index (χ3v) is 5.18. The lowest BCUT2D eigenvalue weighted by Crippen LogP contribution is -2.41. The van der Waals surface area contributed by atoms with Crippen molar-refractivity contribution in [1.29, 1.82) is 0 Å². The molecule has 2 N–H and O–H groups in total. The number of hydrogen-bond acceptors (Lipinski definition) is 5. The van der Waals surface area contributed by atoms with Crippen molar-refractivity contribution in [3.05, 3.63) is 52.3 Å². The molecule has 0 aliphatic rings. The summed E-state index contributed by atoms with van der Waals surface area (Å²) < 4.78 is 4.79. The van der Waals surface area contributed by atoms with Gasteiger partial charge in [0.05, 0.1) is 31.0 Å². The number of aromatic amines is 1. The second kappa shape index (κ2) is 9.52. The van der Waals surface area contributed by atoms with Crippen LogP contribution in [0.4, 0.5) is 5.69 Å². The third-order valence-electron chi connectivity index (χ3n) is 5.18. The maximum absolute atomic E-state index is 13.0. The number of rotatable bonds is 8. The number of likely N-dealkylation sites (N-methyl/N-ethyl adjacent to an activating group) is 1. The number of amides is 1. The fourth-order valence-electron chi connectivity index (χ4n) is 3.32. The molecule has 29 heavy (non-hydrogen) atoms. The first-order valence-corrected chi connectivity index (χ1v) is 9.60. The van der Waals surface area contributed by atoms with Crippen molar-refractivity contribution in [2.24, 2.45) is 0 Å². The number of aromatic nitrogens is 1. The minimum absolute atomic E-state index is 0.0630. The van der Waals surface area contributed by atoms with Crippen molar-refractivity contribution < 1.29 is 19.1 Å². The predicted octanol–water partition coefficient (Wildman–Crippen LogP) is 3.12. The van der Waals surface area contributed by atoms with Gasteiger partial charge in [-0.25, -0.2) is 4.79 Å². The Balaban J connectivity index is 2.10. The van der Waals surface area contributed by atoms with E-state index in [9.17, 15) is 14.4 Å². The number of ether oxygens (including phenoxy) is 1. The number of esters is 1. The van der Waals surface area contributed by atoms with E-state index in [1.54, 1.807) is 32.7 Å². The number of ketones is 1. The number of carbonyl (C=O) groups excluding carboxylic acids is 3. The molecule has 0 unspecified atom stereocenters. The van der Waals surface area contributed by atoms with Crippen molar-refractivity contribution in [2.75, 3.05) is 26.0 Å². The summed E-state index contributed by atoms with van der Waals surface area (Å²) in [7, 11) is 3.03. The maximum Gasteiger partial charge on any atom is 0.339 e. The summed E-state index contributed by atoms with van der Waals surface area (Å²) >= 11 is 0. The molecule has 0 saturated carbocycles. The van der Waals surface area contributed by atoms with E-state index < -0.39 is 12.0 Å². The van der Waals surface area contributed by atoms with Crippen LogP contribution in [0.25, 0.3) is 0 Å². The Morgan fingerprint density at radius 2 is 1.86 bits per heavy atom. The second-order valence-electron chi connectivity index (χ2n) is 7.13. The van der Waals surface area contributed by atoms with E-state index in [0.717, 1.165) is 17.7 Å². The van der Waals surface area contributed by atoms with E-state index in [1.807, 2.05) is 31.2 Å². The summed E-state index contributed by atoms with van der Waals surface area (Å²) in [6, 6.07) is 7.10. The van der Waals surface area contributed by atoms with Crippen LogP contribution in [0.2, 0.25) is 0 Å². The van der Waals surface area contributed by atoms with Crippen LogP contribution in [-0.2, 0) is 16.0 Å². The van der Waals surface area contributed by atoms with Gasteiger partial charge in [0.1, 0.15) is 0 Å². The number of aryl methyl sites for hydroxylation is 2. The van der Waals surface area contributed by atoms with Gasteiger partial charge < -0.3 is 15.0 Å². The number of anilines is 1. The van der Waals surface area contributed by atoms with Gasteiger partial charge in [-0.15, -0.1) is 0 Å². The van der Waals surface area contributed by atoms with E-state index in [2.05, 4.69) is 10.3 Å². The number of para-hydroxylation sites is 1. The topological polar surface area (TPSA) is 91.5 Å². The Labute approximate surface area is 171 Å². The smallest absolute Gasteiger partial charge is 0.339 e. The number of hydrogen-bond donors (Lipinski definition) is 2. The average Bonchev–Trinajstić information content (AvgIpc) is 3.00. The Kier molecular flexibility index (Phi) is 7.34. The van der Waals surface area contributed by atoms with Gasteiger partial charge in [-0.2, -0.15) is 0 Å². The van der Waals surface area contributed by atoms with E-state index in [1.165, 1.54) is 7.11 Å². The normalized spacial score (nSPS) is 12.0. The minimum Gasteiger partial charge on any atom is -0.465 e. The van der Waals surface area contributed by atoms with Crippen LogP contribution in [0.5, 0.6) is 0 Å². The first-order valence-electron chi connectivity index (χ1n) is 9.60. The molecule has 0 spiro atoms. The standard InChI is InChI=1S/C22H29N3O4/c1-7-16-10-8-9-11-17(16)24-18(26)12-25(5)15(4)21(27)20-13(2)19(14(3)23-20)22(28)29-6/h8-11,15,23H,7,12H2,1-6H3,(H,24,26)/t15-/m0/s1. The van der Waals surface area contributed by atoms with Crippen LogP contribution in [0.3, 0.4) is 0 Å². The molecule has 156 valence electrons. The molecule has 2 rings (SSSR count). The molecule has 1 aromatic heterocycles. The summed E-state index contributed by atoms with van der Waals surface area (Å²) in [6.07, 6.45) is 0.815. The van der Waals surface area contributed by atoms with Gasteiger partial charge in [0.2, 0.25) is 5.91 Å². The lowest BCUT2D eigenvalue weighted by molar-refractivity contribution is -0.117. The van der Waals surface area contributed by atoms with Gasteiger partial charge in [0, 0.05) is 11.4 Å². The monoisotopic (exact) mass is 399 g/mol. The lowest BCUT2D eigenvalue weighted by Gasteiger charge is -2.23. The summed E-state index contributed by atoms with van der Waals surface area (Å²) in [6.45, 7) is 7.27. The Morgan fingerprint density at radius 1 is 1.21 bits per heavy atom. The van der Waals surface area contributed by atoms with Crippen LogP contribution >= 0.6 is 0 Å². The molecule has 2 aromatic rings. The molecule has 1 atom stereocenters. The highest BCUT2D eigenvalue weighted by molar-refractivity contribution is 6.04. The van der Waals surface area contributed by atoms with Crippen molar-refractivity contribution in [2.45, 2.75) is 40.2 Å². The summed E-state index contributed by atoms with van der Waals surface area (Å²) in [5.74, 6) is -0.863. The molecule has 1 heterocycles. The highest BCUT2D eigenvalue weighted by Gasteiger charge is 2.28. The minimum atomic E-state index is -0.551. The predicted molar refractivity (Wildman–Crippen MR) is 112 cm³/mol. The number of benzene rings is 1. The van der Waals surface area contributed by atoms with Gasteiger partial charge in [0.25, 0.3) is 0 Å². The van der Waals surface area contributed by atoms with Crippen LogP contribution in [-0.4, -0.2) is 54.3 Å². The Hall–Kier alpha value is -2.93. The number of nitrogens with one attached hydrogen (secondary N) is 2. The second-order valence-corrected chi connectivity index (χ2v) is 7.13. The van der Waals surface area contributed by atoms with Crippen LogP contribution in [0.1, 0.15) is 51.5 Å². The van der Waals surface area contributed by atoms with Gasteiger partial charge in [-0.1, -0.05) is 25.1 Å². The molecular formula is C22H29N3O4. The zero-order chi connectivity index (χ0) is 21.7. The molecule has 0 fully saturated rings. The fraction of sp³-hybridized carbons (Fsp3) is 0.409. The van der Waals surface area contributed by atoms with Gasteiger partial charge in [0.15, 0.2) is 5.78 Å². The van der Waals surface area contributed by atoms with Crippen molar-refractivity contribution in [3.8, 4) is 0 Å². The van der Waals surface area contributed by atoms with E-state index in [-0.39, 0.29) is 18.2 Å². The maximum atomic E-state index is 13.0. The average molecular weight is 399 g/mol. The van der Waals surface area contributed by atoms with Gasteiger partial charge >= 0.3 is 5.97 Å². The van der Waals surface area contributed by atoms with E-state index >= 15 is 0 Å². The number of nitrogens with zero attached hydrogens (tertiary/aromatic N) is 1. The van der Waals surface area contributed by atoms with Gasteiger partial charge in [-0.05, 0) is 51.4 Å². The first-order chi connectivity index (χ1) is 13.7. The molecule has 7 nitrogen and oxygen atoms in total. The molecule has 0 saturated heterocycles. The summed E-state index contributed by atoms with van der Waals surface area (Å²) in [5, 5.41) is 2.91. The zero-order valence-corrected chi connectivity index (χ0v) is 17.9. The largest absolute Gasteiger partial charge is 0.465 e. The number of carbonyl (C=O) groups is 3. The highest BCUT2D eigenvalue weighted by atomic mass is 16.5. The van der Waals surface area contributed by atoms with Crippen LogP contribution in [0, 0.1) is 13.8 Å². The molecule has 7 heteroatoms. The molecule has 0 aliphatic carbocycles. The number of Topliss-reactive ketones (excluding diaryl/α,β-unsaturated/α-hetero) is 1. The fourth-order valence-corrected chi connectivity index (χ4v) is 3.32. The van der Waals surface area contributed by atoms with Gasteiger partial charge in [-0.3, -0.25) is 14.5 Å². The van der Waals surface area contributed by atoms with E-state index in [0.29, 0.717) is 22.5 Å².